The Labute approximate surface area is 150 Å². The van der Waals surface area contributed by atoms with Gasteiger partial charge in [-0.15, -0.1) is 0 Å². The Bertz CT molecular complexity index is 445. The third-order valence-electron chi connectivity index (χ3n) is 3.67. The molecule has 0 unspecified atom stereocenters. The second-order valence-electron chi connectivity index (χ2n) is 5.79. The van der Waals surface area contributed by atoms with Crippen LogP contribution in [0.4, 0.5) is 0 Å². The van der Waals surface area contributed by atoms with E-state index < -0.39 is 0 Å². The molecule has 1 saturated heterocycles. The lowest BCUT2D eigenvalue weighted by Crippen LogP contribution is -2.39. The van der Waals surface area contributed by atoms with E-state index in [1.54, 1.807) is 19.2 Å². The smallest absolute Gasteiger partial charge is 0.332 e. The van der Waals surface area contributed by atoms with Crippen LogP contribution in [0.2, 0.25) is 0 Å². The minimum absolute atomic E-state index is 0.321. The summed E-state index contributed by atoms with van der Waals surface area (Å²) in [6, 6.07) is 0. The number of esters is 2. The van der Waals surface area contributed by atoms with Crippen molar-refractivity contribution in [1.29, 1.82) is 0 Å². The van der Waals surface area contributed by atoms with Crippen LogP contribution in [0.25, 0.3) is 0 Å². The highest BCUT2D eigenvalue weighted by Gasteiger charge is 2.09. The van der Waals surface area contributed by atoms with Gasteiger partial charge in [0.2, 0.25) is 0 Å². The van der Waals surface area contributed by atoms with Crippen LogP contribution in [0.5, 0.6) is 0 Å². The Kier molecular flexibility index (Phi) is 11.4. The first-order valence-corrected chi connectivity index (χ1v) is 8.76. The Morgan fingerprint density at radius 2 is 1.68 bits per heavy atom. The van der Waals surface area contributed by atoms with Crippen molar-refractivity contribution >= 4 is 11.9 Å². The van der Waals surface area contributed by atoms with Crippen LogP contribution < -0.4 is 0 Å². The third-order valence-corrected chi connectivity index (χ3v) is 3.67. The predicted octanol–water partition coefficient (Wildman–Crippen LogP) is 1.21. The van der Waals surface area contributed by atoms with E-state index in [2.05, 4.69) is 4.90 Å². The van der Waals surface area contributed by atoms with E-state index in [4.69, 9.17) is 14.2 Å². The van der Waals surface area contributed by atoms with E-state index in [-0.39, 0.29) is 11.9 Å². The van der Waals surface area contributed by atoms with Gasteiger partial charge in [-0.25, -0.2) is 9.59 Å². The maximum absolute atomic E-state index is 11.6. The molecule has 0 aromatic rings. The van der Waals surface area contributed by atoms with Crippen LogP contribution in [0, 0.1) is 0 Å². The SMILES string of the molecule is C/C=C/C(=O)OCCCCOC(=O)/C=C/N(C)CCN1CCOCC1. The normalized spacial score (nSPS) is 15.6. The fraction of sp³-hybridized carbons (Fsp3) is 0.667. The van der Waals surface area contributed by atoms with Crippen LogP contribution in [-0.4, -0.2) is 81.4 Å². The first-order chi connectivity index (χ1) is 12.1. The van der Waals surface area contributed by atoms with E-state index in [0.717, 1.165) is 39.4 Å². The zero-order valence-electron chi connectivity index (χ0n) is 15.3. The maximum Gasteiger partial charge on any atom is 0.332 e. The molecule has 142 valence electrons. The molecule has 1 rings (SSSR count). The van der Waals surface area contributed by atoms with Crippen molar-refractivity contribution in [3.8, 4) is 0 Å². The summed E-state index contributed by atoms with van der Waals surface area (Å²) in [5.74, 6) is -0.702. The molecule has 1 heterocycles. The highest BCUT2D eigenvalue weighted by molar-refractivity contribution is 5.82. The molecule has 7 nitrogen and oxygen atoms in total. The summed E-state index contributed by atoms with van der Waals surface area (Å²) in [7, 11) is 1.93. The molecule has 1 fully saturated rings. The molecule has 0 radical (unpaired) electrons. The number of likely N-dealkylation sites (N-methyl/N-ethyl adjacent to an activating group) is 1. The van der Waals surface area contributed by atoms with Crippen LogP contribution in [0.1, 0.15) is 19.8 Å². The van der Waals surface area contributed by atoms with Crippen LogP contribution in [0.3, 0.4) is 0 Å². The van der Waals surface area contributed by atoms with Gasteiger partial charge < -0.3 is 19.1 Å². The molecule has 0 aromatic heterocycles. The Balaban J connectivity index is 2.02. The van der Waals surface area contributed by atoms with Crippen molar-refractivity contribution in [2.75, 3.05) is 59.7 Å². The van der Waals surface area contributed by atoms with Crippen molar-refractivity contribution in [2.45, 2.75) is 19.8 Å². The number of nitrogens with zero attached hydrogens (tertiary/aromatic N) is 2. The van der Waals surface area contributed by atoms with Gasteiger partial charge in [0.1, 0.15) is 0 Å². The van der Waals surface area contributed by atoms with Gasteiger partial charge in [0.15, 0.2) is 0 Å². The highest BCUT2D eigenvalue weighted by Crippen LogP contribution is 1.98. The largest absolute Gasteiger partial charge is 0.463 e. The van der Waals surface area contributed by atoms with E-state index in [1.165, 1.54) is 12.2 Å². The van der Waals surface area contributed by atoms with Gasteiger partial charge in [0, 0.05) is 51.6 Å². The molecule has 0 saturated carbocycles. The van der Waals surface area contributed by atoms with Gasteiger partial charge >= 0.3 is 11.9 Å². The molecule has 25 heavy (non-hydrogen) atoms. The predicted molar refractivity (Wildman–Crippen MR) is 95.0 cm³/mol. The molecule has 0 aliphatic carbocycles. The van der Waals surface area contributed by atoms with Crippen molar-refractivity contribution in [2.24, 2.45) is 0 Å². The molecule has 0 N–H and O–H groups in total. The van der Waals surface area contributed by atoms with Crippen LogP contribution in [0.15, 0.2) is 24.4 Å². The topological polar surface area (TPSA) is 68.3 Å². The summed E-state index contributed by atoms with van der Waals surface area (Å²) in [5, 5.41) is 0. The molecule has 0 spiro atoms. The molecule has 7 heteroatoms. The number of morpholine rings is 1. The molecule has 0 atom stereocenters. The molecular weight excluding hydrogens is 324 g/mol. The molecule has 1 aliphatic rings. The van der Waals surface area contributed by atoms with Gasteiger partial charge in [-0.05, 0) is 19.8 Å². The molecule has 0 aromatic carbocycles. The maximum atomic E-state index is 11.6. The lowest BCUT2D eigenvalue weighted by molar-refractivity contribution is -0.140. The Morgan fingerprint density at radius 3 is 2.28 bits per heavy atom. The van der Waals surface area contributed by atoms with Gasteiger partial charge in [0.05, 0.1) is 26.4 Å². The van der Waals surface area contributed by atoms with Crippen LogP contribution >= 0.6 is 0 Å². The second kappa shape index (κ2) is 13.4. The summed E-state index contributed by atoms with van der Waals surface area (Å²) < 4.78 is 15.4. The number of hydrogen-bond donors (Lipinski definition) is 0. The number of allylic oxidation sites excluding steroid dienone is 1. The number of unbranched alkanes of at least 4 members (excludes halogenated alkanes) is 1. The zero-order chi connectivity index (χ0) is 18.3. The lowest BCUT2D eigenvalue weighted by Gasteiger charge is -2.28. The first-order valence-electron chi connectivity index (χ1n) is 8.76. The van der Waals surface area contributed by atoms with E-state index in [1.807, 2.05) is 11.9 Å². The summed E-state index contributed by atoms with van der Waals surface area (Å²) in [6.45, 7) is 7.72. The summed E-state index contributed by atoms with van der Waals surface area (Å²) >= 11 is 0. The number of carbonyl (C=O) groups is 2. The standard InChI is InChI=1S/C18H30N2O5/c1-3-6-17(21)24-13-4-5-14-25-18(22)7-8-19(2)9-10-20-11-15-23-16-12-20/h3,6-8H,4-5,9-16H2,1-2H3/b6-3+,8-7+. The minimum atomic E-state index is -0.357. The van der Waals surface area contributed by atoms with Gasteiger partial charge in [-0.3, -0.25) is 4.90 Å². The lowest BCUT2D eigenvalue weighted by atomic mass is 10.3. The number of ether oxygens (including phenoxy) is 3. The highest BCUT2D eigenvalue weighted by atomic mass is 16.5. The zero-order valence-corrected chi connectivity index (χ0v) is 15.3. The molecular formula is C18H30N2O5. The summed E-state index contributed by atoms with van der Waals surface area (Å²) in [5.41, 5.74) is 0. The van der Waals surface area contributed by atoms with Crippen molar-refractivity contribution in [3.63, 3.8) is 0 Å². The van der Waals surface area contributed by atoms with Crippen LogP contribution in [-0.2, 0) is 23.8 Å². The fourth-order valence-electron chi connectivity index (χ4n) is 2.17. The molecule has 0 bridgehead atoms. The average Bonchev–Trinajstić information content (AvgIpc) is 2.62. The number of hydrogen-bond acceptors (Lipinski definition) is 7. The van der Waals surface area contributed by atoms with Gasteiger partial charge in [-0.2, -0.15) is 0 Å². The van der Waals surface area contributed by atoms with Gasteiger partial charge in [0.25, 0.3) is 0 Å². The average molecular weight is 354 g/mol. The van der Waals surface area contributed by atoms with Crippen molar-refractivity contribution in [3.05, 3.63) is 24.4 Å². The van der Waals surface area contributed by atoms with E-state index in [9.17, 15) is 9.59 Å². The summed E-state index contributed by atoms with van der Waals surface area (Å²) in [4.78, 5) is 27.0. The van der Waals surface area contributed by atoms with Crippen molar-refractivity contribution in [1.82, 2.24) is 9.80 Å². The molecule has 0 amide bonds. The summed E-state index contributed by atoms with van der Waals surface area (Å²) in [6.07, 6.45) is 7.51. The quantitative estimate of drug-likeness (QED) is 0.314. The number of rotatable bonds is 11. The first kappa shape index (κ1) is 21.2. The number of carbonyl (C=O) groups excluding carboxylic acids is 2. The minimum Gasteiger partial charge on any atom is -0.463 e. The fourth-order valence-corrected chi connectivity index (χ4v) is 2.17. The van der Waals surface area contributed by atoms with E-state index >= 15 is 0 Å². The monoisotopic (exact) mass is 354 g/mol. The Hall–Kier alpha value is -1.86. The van der Waals surface area contributed by atoms with E-state index in [0.29, 0.717) is 26.1 Å². The Morgan fingerprint density at radius 1 is 1.08 bits per heavy atom. The van der Waals surface area contributed by atoms with Crippen molar-refractivity contribution < 1.29 is 23.8 Å². The third kappa shape index (κ3) is 11.3. The molecule has 1 aliphatic heterocycles. The van der Waals surface area contributed by atoms with Gasteiger partial charge in [-0.1, -0.05) is 6.08 Å². The second-order valence-corrected chi connectivity index (χ2v) is 5.79.